The van der Waals surface area contributed by atoms with Crippen molar-refractivity contribution in [1.82, 2.24) is 15.1 Å². The molecule has 0 atom stereocenters. The SMILES string of the molecule is CC(=O)Nc1cccc(NC(=O)c2ccc(N3CCN(C=O)CC3)nn2)c1. The summed E-state index contributed by atoms with van der Waals surface area (Å²) < 4.78 is 0. The Morgan fingerprint density at radius 3 is 2.30 bits per heavy atom. The second-order valence-electron chi connectivity index (χ2n) is 6.12. The van der Waals surface area contributed by atoms with Gasteiger partial charge in [0.15, 0.2) is 11.5 Å². The van der Waals surface area contributed by atoms with Gasteiger partial charge >= 0.3 is 0 Å². The lowest BCUT2D eigenvalue weighted by Gasteiger charge is -2.32. The molecule has 3 rings (SSSR count). The van der Waals surface area contributed by atoms with Gasteiger partial charge in [0.25, 0.3) is 5.91 Å². The van der Waals surface area contributed by atoms with Crippen LogP contribution in [0.4, 0.5) is 17.2 Å². The van der Waals surface area contributed by atoms with Crippen LogP contribution in [-0.2, 0) is 9.59 Å². The molecule has 140 valence electrons. The molecule has 9 heteroatoms. The summed E-state index contributed by atoms with van der Waals surface area (Å²) in [5, 5.41) is 13.5. The van der Waals surface area contributed by atoms with E-state index in [1.54, 1.807) is 41.3 Å². The summed E-state index contributed by atoms with van der Waals surface area (Å²) in [4.78, 5) is 38.0. The number of piperazine rings is 1. The number of hydrogen-bond acceptors (Lipinski definition) is 6. The third kappa shape index (κ3) is 4.78. The highest BCUT2D eigenvalue weighted by molar-refractivity contribution is 6.03. The number of nitrogens with zero attached hydrogens (tertiary/aromatic N) is 4. The van der Waals surface area contributed by atoms with Crippen LogP contribution in [0.2, 0.25) is 0 Å². The normalized spacial score (nSPS) is 13.8. The van der Waals surface area contributed by atoms with Crippen LogP contribution < -0.4 is 15.5 Å². The maximum atomic E-state index is 12.4. The average molecular weight is 368 g/mol. The number of anilines is 3. The van der Waals surface area contributed by atoms with Gasteiger partial charge in [0, 0.05) is 44.5 Å². The predicted octanol–water partition coefficient (Wildman–Crippen LogP) is 0.966. The lowest BCUT2D eigenvalue weighted by atomic mass is 10.2. The molecule has 1 aromatic heterocycles. The van der Waals surface area contributed by atoms with Crippen molar-refractivity contribution in [1.29, 1.82) is 0 Å². The third-order valence-corrected chi connectivity index (χ3v) is 4.11. The lowest BCUT2D eigenvalue weighted by Crippen LogP contribution is -2.46. The summed E-state index contributed by atoms with van der Waals surface area (Å²) in [5.74, 6) is 0.0958. The van der Waals surface area contributed by atoms with Crippen LogP contribution in [0, 0.1) is 0 Å². The number of hydrogen-bond donors (Lipinski definition) is 2. The van der Waals surface area contributed by atoms with Crippen molar-refractivity contribution >= 4 is 35.4 Å². The Balaban J connectivity index is 1.62. The molecule has 0 bridgehead atoms. The van der Waals surface area contributed by atoms with E-state index < -0.39 is 0 Å². The van der Waals surface area contributed by atoms with Crippen LogP contribution in [-0.4, -0.2) is 59.5 Å². The second kappa shape index (κ2) is 8.26. The van der Waals surface area contributed by atoms with E-state index in [-0.39, 0.29) is 17.5 Å². The molecular weight excluding hydrogens is 348 g/mol. The summed E-state index contributed by atoms with van der Waals surface area (Å²) in [5.41, 5.74) is 1.33. The molecule has 0 unspecified atom stereocenters. The molecule has 1 saturated heterocycles. The van der Waals surface area contributed by atoms with Crippen molar-refractivity contribution in [3.05, 3.63) is 42.1 Å². The van der Waals surface area contributed by atoms with Crippen molar-refractivity contribution < 1.29 is 14.4 Å². The molecule has 2 aromatic rings. The predicted molar refractivity (Wildman–Crippen MR) is 101 cm³/mol. The van der Waals surface area contributed by atoms with Gasteiger partial charge in [-0.25, -0.2) is 0 Å². The molecule has 2 N–H and O–H groups in total. The first-order valence-corrected chi connectivity index (χ1v) is 8.52. The first kappa shape index (κ1) is 18.3. The van der Waals surface area contributed by atoms with E-state index in [1.165, 1.54) is 6.92 Å². The quantitative estimate of drug-likeness (QED) is 0.762. The van der Waals surface area contributed by atoms with E-state index >= 15 is 0 Å². The molecule has 1 aromatic carbocycles. The van der Waals surface area contributed by atoms with Gasteiger partial charge in [-0.15, -0.1) is 10.2 Å². The van der Waals surface area contributed by atoms with Crippen LogP contribution in [0.1, 0.15) is 17.4 Å². The van der Waals surface area contributed by atoms with Crippen LogP contribution in [0.5, 0.6) is 0 Å². The molecule has 1 aliphatic heterocycles. The molecule has 1 aliphatic rings. The minimum atomic E-state index is -0.389. The van der Waals surface area contributed by atoms with Gasteiger partial charge in [0.2, 0.25) is 12.3 Å². The van der Waals surface area contributed by atoms with Crippen molar-refractivity contribution in [2.45, 2.75) is 6.92 Å². The van der Waals surface area contributed by atoms with E-state index in [0.717, 1.165) is 6.41 Å². The fourth-order valence-corrected chi connectivity index (χ4v) is 2.74. The highest BCUT2D eigenvalue weighted by Gasteiger charge is 2.18. The van der Waals surface area contributed by atoms with Gasteiger partial charge in [-0.3, -0.25) is 14.4 Å². The van der Waals surface area contributed by atoms with E-state index in [4.69, 9.17) is 0 Å². The van der Waals surface area contributed by atoms with Gasteiger partial charge in [-0.05, 0) is 30.3 Å². The summed E-state index contributed by atoms with van der Waals surface area (Å²) in [6.45, 7) is 4.04. The summed E-state index contributed by atoms with van der Waals surface area (Å²) in [6, 6.07) is 10.2. The highest BCUT2D eigenvalue weighted by Crippen LogP contribution is 2.17. The molecule has 9 nitrogen and oxygen atoms in total. The maximum Gasteiger partial charge on any atom is 0.276 e. The lowest BCUT2D eigenvalue weighted by molar-refractivity contribution is -0.118. The van der Waals surface area contributed by atoms with E-state index in [1.807, 2.05) is 4.90 Å². The Labute approximate surface area is 156 Å². The number of nitrogens with one attached hydrogen (secondary N) is 2. The van der Waals surface area contributed by atoms with Crippen LogP contribution in [0.15, 0.2) is 36.4 Å². The van der Waals surface area contributed by atoms with Crippen molar-refractivity contribution in [3.63, 3.8) is 0 Å². The molecule has 1 fully saturated rings. The zero-order valence-corrected chi connectivity index (χ0v) is 14.9. The van der Waals surface area contributed by atoms with Gasteiger partial charge in [0.1, 0.15) is 0 Å². The molecular formula is C18H20N6O3. The number of benzene rings is 1. The molecule has 27 heavy (non-hydrogen) atoms. The topological polar surface area (TPSA) is 108 Å². The highest BCUT2D eigenvalue weighted by atomic mass is 16.2. The van der Waals surface area contributed by atoms with Crippen LogP contribution in [0.3, 0.4) is 0 Å². The molecule has 2 heterocycles. The fraction of sp³-hybridized carbons (Fsp3) is 0.278. The molecule has 0 radical (unpaired) electrons. The van der Waals surface area contributed by atoms with Gasteiger partial charge in [0.05, 0.1) is 0 Å². The van der Waals surface area contributed by atoms with Crippen molar-refractivity contribution in [3.8, 4) is 0 Å². The monoisotopic (exact) mass is 368 g/mol. The summed E-state index contributed by atoms with van der Waals surface area (Å²) >= 11 is 0. The first-order chi connectivity index (χ1) is 13.0. The van der Waals surface area contributed by atoms with Gasteiger partial charge in [-0.1, -0.05) is 6.07 Å². The number of carbonyl (C=O) groups is 3. The Morgan fingerprint density at radius 2 is 1.70 bits per heavy atom. The fourth-order valence-electron chi connectivity index (χ4n) is 2.74. The number of aromatic nitrogens is 2. The molecule has 3 amide bonds. The second-order valence-corrected chi connectivity index (χ2v) is 6.12. The zero-order valence-electron chi connectivity index (χ0n) is 14.9. The van der Waals surface area contributed by atoms with Crippen molar-refractivity contribution in [2.24, 2.45) is 0 Å². The van der Waals surface area contributed by atoms with E-state index in [2.05, 4.69) is 20.8 Å². The Hall–Kier alpha value is -3.49. The Kier molecular flexibility index (Phi) is 5.60. The number of rotatable bonds is 5. The molecule has 0 aliphatic carbocycles. The smallest absolute Gasteiger partial charge is 0.276 e. The first-order valence-electron chi connectivity index (χ1n) is 8.52. The Morgan fingerprint density at radius 1 is 1.00 bits per heavy atom. The zero-order chi connectivity index (χ0) is 19.2. The third-order valence-electron chi connectivity index (χ3n) is 4.11. The van der Waals surface area contributed by atoms with Crippen LogP contribution in [0.25, 0.3) is 0 Å². The minimum absolute atomic E-state index is 0.186. The summed E-state index contributed by atoms with van der Waals surface area (Å²) in [7, 11) is 0. The van der Waals surface area contributed by atoms with Gasteiger partial charge < -0.3 is 20.4 Å². The Bertz CT molecular complexity index is 831. The number of carbonyl (C=O) groups excluding carboxylic acids is 3. The minimum Gasteiger partial charge on any atom is -0.352 e. The van der Waals surface area contributed by atoms with Gasteiger partial charge in [-0.2, -0.15) is 0 Å². The standard InChI is InChI=1S/C18H20N6O3/c1-13(26)19-14-3-2-4-15(11-14)20-18(27)16-5-6-17(22-21-16)24-9-7-23(12-25)8-10-24/h2-6,11-12H,7-10H2,1H3,(H,19,26)(H,20,27). The molecule has 0 saturated carbocycles. The van der Waals surface area contributed by atoms with E-state index in [9.17, 15) is 14.4 Å². The number of amides is 3. The van der Waals surface area contributed by atoms with E-state index in [0.29, 0.717) is 43.4 Å². The van der Waals surface area contributed by atoms with Crippen LogP contribution >= 0.6 is 0 Å². The largest absolute Gasteiger partial charge is 0.352 e. The maximum absolute atomic E-state index is 12.4. The summed E-state index contributed by atoms with van der Waals surface area (Å²) in [6.07, 6.45) is 0.845. The average Bonchev–Trinajstić information content (AvgIpc) is 2.68. The van der Waals surface area contributed by atoms with Crippen molar-refractivity contribution in [2.75, 3.05) is 41.7 Å². The molecule has 0 spiro atoms.